The van der Waals surface area contributed by atoms with Crippen LogP contribution in [0, 0.1) is 0 Å². The molecule has 1 amide bonds. The summed E-state index contributed by atoms with van der Waals surface area (Å²) in [6, 6.07) is 3.19. The minimum atomic E-state index is -0.359. The Morgan fingerprint density at radius 3 is 3.17 bits per heavy atom. The molecule has 1 aromatic rings. The van der Waals surface area contributed by atoms with Crippen LogP contribution in [0.25, 0.3) is 0 Å². The number of hydrogen-bond donors (Lipinski definition) is 1. The van der Waals surface area contributed by atoms with E-state index in [1.54, 1.807) is 0 Å². The van der Waals surface area contributed by atoms with E-state index in [0.29, 0.717) is 0 Å². The van der Waals surface area contributed by atoms with Crippen molar-refractivity contribution >= 4 is 5.91 Å². The van der Waals surface area contributed by atoms with Gasteiger partial charge in [0, 0.05) is 13.2 Å². The maximum absolute atomic E-state index is 11.3. The summed E-state index contributed by atoms with van der Waals surface area (Å²) in [4.78, 5) is 16.2. The lowest BCUT2D eigenvalue weighted by molar-refractivity contribution is 0.0624. The fraction of sp³-hybridized carbons (Fsp3) is 0.250. The minimum absolute atomic E-state index is 0.229. The van der Waals surface area contributed by atoms with E-state index < -0.39 is 0 Å². The van der Waals surface area contributed by atoms with Crippen molar-refractivity contribution in [3.05, 3.63) is 30.1 Å². The molecule has 0 radical (unpaired) electrons. The SMILES string of the molecule is [3H]c1ccc(C(=O)N(C)CO)nc1. The summed E-state index contributed by atoms with van der Waals surface area (Å²) in [6.07, 6.45) is 1.29. The molecular weight excluding hydrogens is 156 g/mol. The number of amides is 1. The molecule has 1 aromatic heterocycles. The summed E-state index contributed by atoms with van der Waals surface area (Å²) in [6.45, 7) is -0.344. The highest BCUT2D eigenvalue weighted by molar-refractivity contribution is 5.91. The molecule has 0 fully saturated rings. The molecular formula is C8H10N2O2. The van der Waals surface area contributed by atoms with E-state index >= 15 is 0 Å². The number of aliphatic hydroxyl groups excluding tert-OH is 1. The van der Waals surface area contributed by atoms with Gasteiger partial charge in [0.15, 0.2) is 0 Å². The zero-order valence-corrected chi connectivity index (χ0v) is 6.69. The van der Waals surface area contributed by atoms with Crippen LogP contribution < -0.4 is 0 Å². The maximum Gasteiger partial charge on any atom is 0.273 e. The van der Waals surface area contributed by atoms with Gasteiger partial charge in [0.1, 0.15) is 12.4 Å². The lowest BCUT2D eigenvalue weighted by atomic mass is 10.3. The van der Waals surface area contributed by atoms with Crippen molar-refractivity contribution in [3.8, 4) is 0 Å². The van der Waals surface area contributed by atoms with Gasteiger partial charge < -0.3 is 10.0 Å². The molecule has 0 saturated heterocycles. The molecule has 12 heavy (non-hydrogen) atoms. The lowest BCUT2D eigenvalue weighted by Crippen LogP contribution is -2.28. The van der Waals surface area contributed by atoms with Gasteiger partial charge in [0.2, 0.25) is 0 Å². The van der Waals surface area contributed by atoms with Gasteiger partial charge in [-0.2, -0.15) is 0 Å². The van der Waals surface area contributed by atoms with Crippen molar-refractivity contribution < 1.29 is 11.3 Å². The van der Waals surface area contributed by atoms with Crippen molar-refractivity contribution in [2.24, 2.45) is 0 Å². The second-order valence-electron chi connectivity index (χ2n) is 2.29. The Balaban J connectivity index is 2.83. The van der Waals surface area contributed by atoms with E-state index in [9.17, 15) is 4.79 Å². The van der Waals surface area contributed by atoms with Crippen molar-refractivity contribution in [2.45, 2.75) is 0 Å². The predicted octanol–water partition coefficient (Wildman–Crippen LogP) is 0.103. The summed E-state index contributed by atoms with van der Waals surface area (Å²) in [5.74, 6) is -0.359. The van der Waals surface area contributed by atoms with E-state index in [1.165, 1.54) is 25.4 Å². The van der Waals surface area contributed by atoms with Crippen LogP contribution >= 0.6 is 0 Å². The first kappa shape index (κ1) is 7.24. The molecule has 0 aliphatic carbocycles. The highest BCUT2D eigenvalue weighted by Crippen LogP contribution is 1.97. The largest absolute Gasteiger partial charge is 0.376 e. The Morgan fingerprint density at radius 1 is 1.92 bits per heavy atom. The third-order valence-electron chi connectivity index (χ3n) is 1.39. The molecule has 4 nitrogen and oxygen atoms in total. The number of hydrogen-bond acceptors (Lipinski definition) is 3. The lowest BCUT2D eigenvalue weighted by Gasteiger charge is -2.11. The number of carbonyl (C=O) groups excluding carboxylic acids is 1. The Kier molecular flexibility index (Phi) is 2.31. The zero-order chi connectivity index (χ0) is 9.84. The smallest absolute Gasteiger partial charge is 0.273 e. The average Bonchev–Trinajstić information content (AvgIpc) is 2.17. The number of pyridine rings is 1. The number of nitrogens with zero attached hydrogens (tertiary/aromatic N) is 2. The normalized spacial score (nSPS) is 10.7. The van der Waals surface area contributed by atoms with Crippen LogP contribution in [0.2, 0.25) is 0 Å². The van der Waals surface area contributed by atoms with Crippen LogP contribution in [0.15, 0.2) is 24.4 Å². The number of carbonyl (C=O) groups is 1. The predicted molar refractivity (Wildman–Crippen MR) is 43.4 cm³/mol. The molecule has 0 bridgehead atoms. The fourth-order valence-corrected chi connectivity index (χ4v) is 0.706. The quantitative estimate of drug-likeness (QED) is 0.637. The van der Waals surface area contributed by atoms with Gasteiger partial charge in [-0.1, -0.05) is 6.07 Å². The van der Waals surface area contributed by atoms with E-state index in [2.05, 4.69) is 4.98 Å². The molecule has 0 spiro atoms. The summed E-state index contributed by atoms with van der Waals surface area (Å²) >= 11 is 0. The Bertz CT molecular complexity index is 300. The van der Waals surface area contributed by atoms with Gasteiger partial charge in [-0.15, -0.1) is 0 Å². The second kappa shape index (κ2) is 3.82. The van der Waals surface area contributed by atoms with Crippen LogP contribution in [-0.2, 0) is 0 Å². The zero-order valence-electron chi connectivity index (χ0n) is 7.69. The minimum Gasteiger partial charge on any atom is -0.376 e. The molecule has 0 aliphatic heterocycles. The standard InChI is InChI=1S/C8H10N2O2/c1-10(6-11)8(12)7-4-2-3-5-9-7/h2-5,11H,6H2,1H3/i3T. The van der Waals surface area contributed by atoms with Crippen LogP contribution in [0.5, 0.6) is 0 Å². The van der Waals surface area contributed by atoms with Gasteiger partial charge in [0.05, 0.1) is 1.37 Å². The van der Waals surface area contributed by atoms with E-state index in [1.807, 2.05) is 0 Å². The fourth-order valence-electron chi connectivity index (χ4n) is 0.706. The average molecular weight is 168 g/mol. The Hall–Kier alpha value is -1.42. The van der Waals surface area contributed by atoms with Crippen LogP contribution in [-0.4, -0.2) is 34.7 Å². The van der Waals surface area contributed by atoms with Crippen molar-refractivity contribution in [2.75, 3.05) is 13.8 Å². The van der Waals surface area contributed by atoms with Crippen LogP contribution in [0.4, 0.5) is 0 Å². The van der Waals surface area contributed by atoms with Crippen molar-refractivity contribution in [1.29, 1.82) is 0 Å². The summed E-state index contributed by atoms with van der Waals surface area (Å²) in [7, 11) is 1.47. The number of aromatic nitrogens is 1. The maximum atomic E-state index is 11.3. The third-order valence-corrected chi connectivity index (χ3v) is 1.39. The van der Waals surface area contributed by atoms with Crippen molar-refractivity contribution in [1.82, 2.24) is 9.88 Å². The Labute approximate surface area is 71.9 Å². The third kappa shape index (κ3) is 1.79. The summed E-state index contributed by atoms with van der Waals surface area (Å²) in [5, 5.41) is 8.66. The molecule has 0 saturated carbocycles. The highest BCUT2D eigenvalue weighted by Gasteiger charge is 2.09. The molecule has 0 aromatic carbocycles. The van der Waals surface area contributed by atoms with Gasteiger partial charge in [-0.05, 0) is 12.1 Å². The molecule has 1 rings (SSSR count). The van der Waals surface area contributed by atoms with Crippen LogP contribution in [0.3, 0.4) is 0 Å². The molecule has 4 heteroatoms. The number of aliphatic hydroxyl groups is 1. The molecule has 1 N–H and O–H groups in total. The summed E-state index contributed by atoms with van der Waals surface area (Å²) in [5.41, 5.74) is 0.229. The molecule has 0 unspecified atom stereocenters. The first-order valence-electron chi connectivity index (χ1n) is 3.94. The van der Waals surface area contributed by atoms with E-state index in [-0.39, 0.29) is 24.4 Å². The topological polar surface area (TPSA) is 53.4 Å². The van der Waals surface area contributed by atoms with E-state index in [0.717, 1.165) is 4.90 Å². The van der Waals surface area contributed by atoms with E-state index in [4.69, 9.17) is 6.48 Å². The summed E-state index contributed by atoms with van der Waals surface area (Å²) < 4.78 is 7.15. The van der Waals surface area contributed by atoms with Gasteiger partial charge in [0.25, 0.3) is 5.91 Å². The molecule has 1 heterocycles. The van der Waals surface area contributed by atoms with Crippen molar-refractivity contribution in [3.63, 3.8) is 0 Å². The monoisotopic (exact) mass is 168 g/mol. The van der Waals surface area contributed by atoms with Gasteiger partial charge >= 0.3 is 0 Å². The Morgan fingerprint density at radius 2 is 2.67 bits per heavy atom. The van der Waals surface area contributed by atoms with Gasteiger partial charge in [-0.25, -0.2) is 0 Å². The molecule has 0 aliphatic rings. The first-order valence-corrected chi connectivity index (χ1v) is 3.44. The van der Waals surface area contributed by atoms with Gasteiger partial charge in [-0.3, -0.25) is 9.78 Å². The first-order chi connectivity index (χ1) is 6.15. The molecule has 0 atom stereocenters. The van der Waals surface area contributed by atoms with Crippen LogP contribution in [0.1, 0.15) is 11.9 Å². The second-order valence-corrected chi connectivity index (χ2v) is 2.29. The molecule has 64 valence electrons. The highest BCUT2D eigenvalue weighted by atomic mass is 16.3. The number of rotatable bonds is 2.